The van der Waals surface area contributed by atoms with Gasteiger partial charge in [-0.25, -0.2) is 0 Å². The molecule has 122 valence electrons. The molecule has 0 radical (unpaired) electrons. The first-order chi connectivity index (χ1) is 12.2. The van der Waals surface area contributed by atoms with E-state index in [4.69, 9.17) is 4.42 Å². The molecule has 0 spiro atoms. The van der Waals surface area contributed by atoms with E-state index in [0.29, 0.717) is 0 Å². The van der Waals surface area contributed by atoms with E-state index in [9.17, 15) is 0 Å². The Morgan fingerprint density at radius 2 is 1.04 bits per heavy atom. The molecule has 0 aliphatic carbocycles. The second kappa shape index (κ2) is 6.45. The van der Waals surface area contributed by atoms with E-state index >= 15 is 0 Å². The molecule has 0 amide bonds. The second-order valence-electron chi connectivity index (χ2n) is 6.36. The molecule has 0 N–H and O–H groups in total. The van der Waals surface area contributed by atoms with Crippen LogP contribution in [0, 0.1) is 13.8 Å². The number of hydrogen-bond donors (Lipinski definition) is 0. The van der Waals surface area contributed by atoms with Crippen LogP contribution in [0.3, 0.4) is 0 Å². The lowest BCUT2D eigenvalue weighted by molar-refractivity contribution is 0.596. The molecule has 0 aliphatic heterocycles. The fourth-order valence-corrected chi connectivity index (χ4v) is 3.24. The maximum atomic E-state index is 6.40. The first-order valence-electron chi connectivity index (χ1n) is 8.55. The highest BCUT2D eigenvalue weighted by atomic mass is 16.3. The molecule has 0 bridgehead atoms. The number of rotatable bonds is 3. The maximum absolute atomic E-state index is 6.40. The van der Waals surface area contributed by atoms with Crippen molar-refractivity contribution in [2.75, 3.05) is 0 Å². The standard InChI is InChI=1S/C24H20O/c1-17-13-15-19(16-14-17)22-18(2)23(20-9-5-3-6-10-20)25-24(22)21-11-7-4-8-12-21/h3-16H,1-2H3. The third-order valence-corrected chi connectivity index (χ3v) is 4.56. The Bertz CT molecular complexity index is 978. The Morgan fingerprint density at radius 3 is 1.60 bits per heavy atom. The lowest BCUT2D eigenvalue weighted by Crippen LogP contribution is -1.84. The van der Waals surface area contributed by atoms with Gasteiger partial charge in [0.05, 0.1) is 0 Å². The van der Waals surface area contributed by atoms with Crippen molar-refractivity contribution < 1.29 is 4.42 Å². The zero-order chi connectivity index (χ0) is 17.2. The molecule has 1 nitrogen and oxygen atoms in total. The fraction of sp³-hybridized carbons (Fsp3) is 0.0833. The van der Waals surface area contributed by atoms with Crippen LogP contribution in [0.5, 0.6) is 0 Å². The summed E-state index contributed by atoms with van der Waals surface area (Å²) in [6.07, 6.45) is 0. The van der Waals surface area contributed by atoms with Crippen LogP contribution in [-0.2, 0) is 0 Å². The van der Waals surface area contributed by atoms with E-state index in [-0.39, 0.29) is 0 Å². The zero-order valence-electron chi connectivity index (χ0n) is 14.5. The fourth-order valence-electron chi connectivity index (χ4n) is 3.24. The maximum Gasteiger partial charge on any atom is 0.142 e. The van der Waals surface area contributed by atoms with E-state index in [1.165, 1.54) is 22.3 Å². The third-order valence-electron chi connectivity index (χ3n) is 4.56. The largest absolute Gasteiger partial charge is 0.455 e. The molecule has 1 aromatic heterocycles. The van der Waals surface area contributed by atoms with Crippen LogP contribution >= 0.6 is 0 Å². The molecule has 0 fully saturated rings. The molecular formula is C24H20O. The van der Waals surface area contributed by atoms with Gasteiger partial charge in [-0.2, -0.15) is 0 Å². The molecule has 0 unspecified atom stereocenters. The number of hydrogen-bond acceptors (Lipinski definition) is 1. The van der Waals surface area contributed by atoms with Crippen LogP contribution in [0.4, 0.5) is 0 Å². The first-order valence-corrected chi connectivity index (χ1v) is 8.55. The van der Waals surface area contributed by atoms with Gasteiger partial charge in [-0.3, -0.25) is 0 Å². The van der Waals surface area contributed by atoms with E-state index in [0.717, 1.165) is 22.6 Å². The van der Waals surface area contributed by atoms with Crippen LogP contribution in [-0.4, -0.2) is 0 Å². The monoisotopic (exact) mass is 324 g/mol. The number of furan rings is 1. The van der Waals surface area contributed by atoms with E-state index in [1.807, 2.05) is 36.4 Å². The molecule has 1 heterocycles. The topological polar surface area (TPSA) is 13.1 Å². The Kier molecular flexibility index (Phi) is 3.99. The van der Waals surface area contributed by atoms with Crippen molar-refractivity contribution in [1.82, 2.24) is 0 Å². The van der Waals surface area contributed by atoms with Crippen molar-refractivity contribution in [3.8, 4) is 33.8 Å². The Labute approximate surface area is 148 Å². The van der Waals surface area contributed by atoms with Gasteiger partial charge in [0.25, 0.3) is 0 Å². The molecule has 4 aromatic rings. The van der Waals surface area contributed by atoms with Crippen molar-refractivity contribution >= 4 is 0 Å². The summed E-state index contributed by atoms with van der Waals surface area (Å²) in [5.41, 5.74) is 7.00. The van der Waals surface area contributed by atoms with Gasteiger partial charge in [0, 0.05) is 22.3 Å². The van der Waals surface area contributed by atoms with Crippen LogP contribution in [0.1, 0.15) is 11.1 Å². The Hall–Kier alpha value is -3.06. The minimum Gasteiger partial charge on any atom is -0.455 e. The summed E-state index contributed by atoms with van der Waals surface area (Å²) in [5.74, 6) is 1.87. The lowest BCUT2D eigenvalue weighted by Gasteiger charge is -2.05. The van der Waals surface area contributed by atoms with Crippen LogP contribution in [0.2, 0.25) is 0 Å². The molecule has 1 heteroatoms. The molecule has 0 aliphatic rings. The molecule has 0 saturated heterocycles. The predicted molar refractivity (Wildman–Crippen MR) is 104 cm³/mol. The van der Waals surface area contributed by atoms with Gasteiger partial charge in [-0.15, -0.1) is 0 Å². The van der Waals surface area contributed by atoms with Gasteiger partial charge in [0.1, 0.15) is 11.5 Å². The predicted octanol–water partition coefficient (Wildman–Crippen LogP) is 6.90. The minimum atomic E-state index is 0.931. The van der Waals surface area contributed by atoms with Gasteiger partial charge >= 0.3 is 0 Å². The average Bonchev–Trinajstić information content (AvgIpc) is 3.01. The first kappa shape index (κ1) is 15.5. The Balaban J connectivity index is 1.97. The smallest absolute Gasteiger partial charge is 0.142 e. The molecule has 0 atom stereocenters. The summed E-state index contributed by atoms with van der Waals surface area (Å²) in [7, 11) is 0. The molecule has 4 rings (SSSR count). The van der Waals surface area contributed by atoms with Crippen LogP contribution in [0.15, 0.2) is 89.3 Å². The second-order valence-corrected chi connectivity index (χ2v) is 6.36. The van der Waals surface area contributed by atoms with Crippen molar-refractivity contribution in [3.63, 3.8) is 0 Å². The van der Waals surface area contributed by atoms with Gasteiger partial charge in [-0.05, 0) is 19.4 Å². The minimum absolute atomic E-state index is 0.931. The highest BCUT2D eigenvalue weighted by Gasteiger charge is 2.20. The molecular weight excluding hydrogens is 304 g/mol. The SMILES string of the molecule is Cc1ccc(-c2c(-c3ccccc3)oc(-c3ccccc3)c2C)cc1. The van der Waals surface area contributed by atoms with Crippen molar-refractivity contribution in [3.05, 3.63) is 96.1 Å². The summed E-state index contributed by atoms with van der Waals surface area (Å²) in [4.78, 5) is 0. The quantitative estimate of drug-likeness (QED) is 0.399. The molecule has 0 saturated carbocycles. The molecule has 3 aromatic carbocycles. The summed E-state index contributed by atoms with van der Waals surface area (Å²) in [6.45, 7) is 4.26. The number of benzene rings is 3. The summed E-state index contributed by atoms with van der Waals surface area (Å²) >= 11 is 0. The van der Waals surface area contributed by atoms with Gasteiger partial charge in [0.2, 0.25) is 0 Å². The van der Waals surface area contributed by atoms with Gasteiger partial charge in [-0.1, -0.05) is 90.5 Å². The van der Waals surface area contributed by atoms with Crippen molar-refractivity contribution in [2.45, 2.75) is 13.8 Å². The van der Waals surface area contributed by atoms with E-state index in [2.05, 4.69) is 62.4 Å². The van der Waals surface area contributed by atoms with Crippen molar-refractivity contribution in [2.24, 2.45) is 0 Å². The van der Waals surface area contributed by atoms with Gasteiger partial charge < -0.3 is 4.42 Å². The lowest BCUT2D eigenvalue weighted by atomic mass is 9.96. The number of aryl methyl sites for hydroxylation is 1. The van der Waals surface area contributed by atoms with E-state index < -0.39 is 0 Å². The summed E-state index contributed by atoms with van der Waals surface area (Å²) in [6, 6.07) is 29.3. The van der Waals surface area contributed by atoms with Crippen molar-refractivity contribution in [1.29, 1.82) is 0 Å². The Morgan fingerprint density at radius 1 is 0.520 bits per heavy atom. The van der Waals surface area contributed by atoms with Crippen LogP contribution in [0.25, 0.3) is 33.8 Å². The highest BCUT2D eigenvalue weighted by molar-refractivity contribution is 5.87. The molecule has 25 heavy (non-hydrogen) atoms. The summed E-state index contributed by atoms with van der Waals surface area (Å²) < 4.78 is 6.40. The van der Waals surface area contributed by atoms with Gasteiger partial charge in [0.15, 0.2) is 0 Å². The summed E-state index contributed by atoms with van der Waals surface area (Å²) in [5, 5.41) is 0. The van der Waals surface area contributed by atoms with E-state index in [1.54, 1.807) is 0 Å². The third kappa shape index (κ3) is 2.89. The zero-order valence-corrected chi connectivity index (χ0v) is 14.5. The normalized spacial score (nSPS) is 10.8. The average molecular weight is 324 g/mol. The highest BCUT2D eigenvalue weighted by Crippen LogP contribution is 2.42. The van der Waals surface area contributed by atoms with Crippen LogP contribution < -0.4 is 0 Å².